The van der Waals surface area contributed by atoms with Crippen LogP contribution in [0.4, 0.5) is 5.69 Å². The molecule has 0 saturated carbocycles. The topological polar surface area (TPSA) is 28.2 Å². The summed E-state index contributed by atoms with van der Waals surface area (Å²) in [4.78, 5) is 6.74. The molecule has 0 amide bonds. The van der Waals surface area contributed by atoms with Crippen LogP contribution in [0.2, 0.25) is 0 Å². The van der Waals surface area contributed by atoms with Crippen molar-refractivity contribution < 1.29 is 0 Å². The lowest BCUT2D eigenvalue weighted by atomic mass is 9.95. The maximum atomic E-state index is 4.22. The molecule has 0 aromatic carbocycles. The van der Waals surface area contributed by atoms with Gasteiger partial charge in [-0.2, -0.15) is 0 Å². The largest absolute Gasteiger partial charge is 0.371 e. The van der Waals surface area contributed by atoms with E-state index in [2.05, 4.69) is 35.1 Å². The Morgan fingerprint density at radius 1 is 1.53 bits per heavy atom. The summed E-state index contributed by atoms with van der Waals surface area (Å²) in [5.74, 6) is 1.63. The predicted octanol–water partition coefficient (Wildman–Crippen LogP) is 2.28. The summed E-state index contributed by atoms with van der Waals surface area (Å²) >= 11 is 0. The van der Waals surface area contributed by atoms with Gasteiger partial charge in [0.15, 0.2) is 0 Å². The van der Waals surface area contributed by atoms with E-state index in [1.54, 1.807) is 0 Å². The molecular weight excluding hydrogens is 210 g/mol. The molecule has 0 bridgehead atoms. The van der Waals surface area contributed by atoms with Gasteiger partial charge in [0.2, 0.25) is 0 Å². The molecule has 2 heterocycles. The van der Waals surface area contributed by atoms with Crippen molar-refractivity contribution >= 4 is 5.69 Å². The number of nitrogens with zero attached hydrogens (tertiary/aromatic N) is 2. The van der Waals surface area contributed by atoms with Crippen molar-refractivity contribution in [2.24, 2.45) is 11.8 Å². The minimum absolute atomic E-state index is 0.787. The summed E-state index contributed by atoms with van der Waals surface area (Å²) in [5, 5.41) is 3.22. The molecule has 1 aromatic rings. The van der Waals surface area contributed by atoms with E-state index in [1.807, 2.05) is 19.4 Å². The highest BCUT2D eigenvalue weighted by atomic mass is 15.2. The van der Waals surface area contributed by atoms with Crippen LogP contribution in [-0.4, -0.2) is 25.1 Å². The zero-order valence-electron chi connectivity index (χ0n) is 11.1. The monoisotopic (exact) mass is 233 g/mol. The summed E-state index contributed by atoms with van der Waals surface area (Å²) < 4.78 is 0. The number of aromatic nitrogens is 1. The van der Waals surface area contributed by atoms with Crippen molar-refractivity contribution in [3.63, 3.8) is 0 Å². The van der Waals surface area contributed by atoms with Crippen LogP contribution in [0.25, 0.3) is 0 Å². The SMILES string of the molecule is CNCc1cnccc1N1CCC(C(C)C)C1. The van der Waals surface area contributed by atoms with Crippen LogP contribution in [0.5, 0.6) is 0 Å². The average Bonchev–Trinajstić information content (AvgIpc) is 2.79. The first kappa shape index (κ1) is 12.4. The van der Waals surface area contributed by atoms with Gasteiger partial charge in [0.25, 0.3) is 0 Å². The first-order valence-electron chi connectivity index (χ1n) is 6.54. The molecule has 0 radical (unpaired) electrons. The molecule has 1 atom stereocenters. The zero-order chi connectivity index (χ0) is 12.3. The van der Waals surface area contributed by atoms with Gasteiger partial charge in [0, 0.05) is 43.3 Å². The third kappa shape index (κ3) is 2.78. The van der Waals surface area contributed by atoms with Crippen LogP contribution in [-0.2, 0) is 6.54 Å². The zero-order valence-corrected chi connectivity index (χ0v) is 11.1. The molecule has 0 aliphatic carbocycles. The Morgan fingerprint density at radius 2 is 2.35 bits per heavy atom. The van der Waals surface area contributed by atoms with Crippen LogP contribution in [0.15, 0.2) is 18.5 Å². The lowest BCUT2D eigenvalue weighted by Gasteiger charge is -2.22. The van der Waals surface area contributed by atoms with E-state index >= 15 is 0 Å². The maximum absolute atomic E-state index is 4.22. The molecule has 1 N–H and O–H groups in total. The Morgan fingerprint density at radius 3 is 3.00 bits per heavy atom. The van der Waals surface area contributed by atoms with Gasteiger partial charge in [0.1, 0.15) is 0 Å². The first-order valence-corrected chi connectivity index (χ1v) is 6.54. The van der Waals surface area contributed by atoms with Crippen molar-refractivity contribution in [3.05, 3.63) is 24.0 Å². The minimum atomic E-state index is 0.787. The Hall–Kier alpha value is -1.09. The maximum Gasteiger partial charge on any atom is 0.0442 e. The van der Waals surface area contributed by atoms with Crippen molar-refractivity contribution in [1.82, 2.24) is 10.3 Å². The van der Waals surface area contributed by atoms with Gasteiger partial charge in [-0.1, -0.05) is 13.8 Å². The second-order valence-corrected chi connectivity index (χ2v) is 5.27. The summed E-state index contributed by atoms with van der Waals surface area (Å²) in [7, 11) is 1.98. The van der Waals surface area contributed by atoms with Gasteiger partial charge in [-0.15, -0.1) is 0 Å². The van der Waals surface area contributed by atoms with E-state index in [1.165, 1.54) is 30.8 Å². The first-order chi connectivity index (χ1) is 8.22. The summed E-state index contributed by atoms with van der Waals surface area (Å²) in [5.41, 5.74) is 2.66. The smallest absolute Gasteiger partial charge is 0.0442 e. The van der Waals surface area contributed by atoms with Gasteiger partial charge in [0.05, 0.1) is 0 Å². The molecule has 1 aliphatic rings. The van der Waals surface area contributed by atoms with Gasteiger partial charge >= 0.3 is 0 Å². The molecule has 17 heavy (non-hydrogen) atoms. The molecule has 1 saturated heterocycles. The molecule has 0 spiro atoms. The second kappa shape index (κ2) is 5.50. The molecule has 94 valence electrons. The number of hydrogen-bond donors (Lipinski definition) is 1. The van der Waals surface area contributed by atoms with Crippen LogP contribution in [0.3, 0.4) is 0 Å². The summed E-state index contributed by atoms with van der Waals surface area (Å²) in [6, 6.07) is 2.15. The average molecular weight is 233 g/mol. The number of hydrogen-bond acceptors (Lipinski definition) is 3. The quantitative estimate of drug-likeness (QED) is 0.865. The number of anilines is 1. The summed E-state index contributed by atoms with van der Waals surface area (Å²) in [6.07, 6.45) is 5.20. The molecular formula is C14H23N3. The van der Waals surface area contributed by atoms with Crippen molar-refractivity contribution in [3.8, 4) is 0 Å². The predicted molar refractivity (Wildman–Crippen MR) is 72.2 cm³/mol. The van der Waals surface area contributed by atoms with E-state index < -0.39 is 0 Å². The van der Waals surface area contributed by atoms with Crippen LogP contribution >= 0.6 is 0 Å². The number of nitrogens with one attached hydrogen (secondary N) is 1. The fourth-order valence-corrected chi connectivity index (χ4v) is 2.61. The minimum Gasteiger partial charge on any atom is -0.371 e. The van der Waals surface area contributed by atoms with E-state index in [9.17, 15) is 0 Å². The van der Waals surface area contributed by atoms with E-state index in [0.29, 0.717) is 0 Å². The van der Waals surface area contributed by atoms with Crippen LogP contribution < -0.4 is 10.2 Å². The highest BCUT2D eigenvalue weighted by Crippen LogP contribution is 2.29. The number of pyridine rings is 1. The van der Waals surface area contributed by atoms with E-state index in [-0.39, 0.29) is 0 Å². The third-order valence-electron chi connectivity index (χ3n) is 3.75. The van der Waals surface area contributed by atoms with E-state index in [0.717, 1.165) is 18.4 Å². The second-order valence-electron chi connectivity index (χ2n) is 5.27. The van der Waals surface area contributed by atoms with Crippen LogP contribution in [0, 0.1) is 11.8 Å². The highest BCUT2D eigenvalue weighted by Gasteiger charge is 2.25. The Labute approximate surface area is 104 Å². The van der Waals surface area contributed by atoms with Crippen molar-refractivity contribution in [1.29, 1.82) is 0 Å². The molecule has 3 nitrogen and oxygen atoms in total. The molecule has 1 unspecified atom stereocenters. The lowest BCUT2D eigenvalue weighted by molar-refractivity contribution is 0.422. The normalized spacial score (nSPS) is 20.2. The molecule has 1 aliphatic heterocycles. The third-order valence-corrected chi connectivity index (χ3v) is 3.75. The fourth-order valence-electron chi connectivity index (χ4n) is 2.61. The van der Waals surface area contributed by atoms with Gasteiger partial charge < -0.3 is 10.2 Å². The summed E-state index contributed by atoms with van der Waals surface area (Å²) in [6.45, 7) is 7.93. The fraction of sp³-hybridized carbons (Fsp3) is 0.643. The van der Waals surface area contributed by atoms with Crippen molar-refractivity contribution in [2.75, 3.05) is 25.0 Å². The van der Waals surface area contributed by atoms with E-state index in [4.69, 9.17) is 0 Å². The Balaban J connectivity index is 2.12. The standard InChI is InChI=1S/C14H23N3/c1-11(2)12-5-7-17(10-12)14-4-6-16-9-13(14)8-15-3/h4,6,9,11-12,15H,5,7-8,10H2,1-3H3. The lowest BCUT2D eigenvalue weighted by Crippen LogP contribution is -2.23. The van der Waals surface area contributed by atoms with Gasteiger partial charge in [-0.3, -0.25) is 4.98 Å². The molecule has 2 rings (SSSR count). The Bertz CT molecular complexity index is 362. The van der Waals surface area contributed by atoms with Gasteiger partial charge in [-0.25, -0.2) is 0 Å². The van der Waals surface area contributed by atoms with Crippen LogP contribution in [0.1, 0.15) is 25.8 Å². The highest BCUT2D eigenvalue weighted by molar-refractivity contribution is 5.53. The molecule has 1 fully saturated rings. The molecule has 3 heteroatoms. The Kier molecular flexibility index (Phi) is 4.00. The molecule has 1 aromatic heterocycles. The number of rotatable bonds is 4. The van der Waals surface area contributed by atoms with Crippen molar-refractivity contribution in [2.45, 2.75) is 26.8 Å². The van der Waals surface area contributed by atoms with Gasteiger partial charge in [-0.05, 0) is 31.4 Å².